The van der Waals surface area contributed by atoms with Crippen LogP contribution in [0.2, 0.25) is 5.02 Å². The summed E-state index contributed by atoms with van der Waals surface area (Å²) in [6.45, 7) is 0. The molecule has 5 heteroatoms. The first-order valence-corrected chi connectivity index (χ1v) is 5.59. The van der Waals surface area contributed by atoms with Gasteiger partial charge in [0.05, 0.1) is 11.3 Å². The van der Waals surface area contributed by atoms with E-state index in [0.29, 0.717) is 22.1 Å². The first-order valence-electron chi connectivity index (χ1n) is 5.21. The van der Waals surface area contributed by atoms with E-state index in [1.54, 1.807) is 36.4 Å². The number of anilines is 3. The number of halogens is 1. The number of aromatic carboxylic acids is 1. The largest absolute Gasteiger partial charge is 0.478 e. The van der Waals surface area contributed by atoms with Gasteiger partial charge >= 0.3 is 5.97 Å². The fourth-order valence-corrected chi connectivity index (χ4v) is 1.76. The molecular weight excluding hydrogens is 252 g/mol. The maximum atomic E-state index is 11.1. The van der Waals surface area contributed by atoms with Gasteiger partial charge in [-0.15, -0.1) is 0 Å². The Bertz CT molecular complexity index is 599. The Hall–Kier alpha value is -2.20. The van der Waals surface area contributed by atoms with Crippen molar-refractivity contribution >= 4 is 34.6 Å². The number of carboxylic acids is 1. The second kappa shape index (κ2) is 4.98. The van der Waals surface area contributed by atoms with Crippen molar-refractivity contribution in [1.82, 2.24) is 0 Å². The molecule has 0 atom stereocenters. The first-order chi connectivity index (χ1) is 8.56. The lowest BCUT2D eigenvalue weighted by Crippen LogP contribution is -2.03. The topological polar surface area (TPSA) is 75.4 Å². The van der Waals surface area contributed by atoms with Gasteiger partial charge in [-0.3, -0.25) is 0 Å². The van der Waals surface area contributed by atoms with Crippen molar-refractivity contribution in [3.8, 4) is 0 Å². The average Bonchev–Trinajstić information content (AvgIpc) is 2.28. The first kappa shape index (κ1) is 12.3. The standard InChI is InChI=1S/C13H11ClN2O2/c14-8-2-1-3-10(6-8)16-12-7-9(15)4-5-11(12)13(17)18/h1-7,16H,15H2,(H,17,18). The molecule has 0 aliphatic heterocycles. The normalized spacial score (nSPS) is 10.1. The van der Waals surface area contributed by atoms with E-state index in [1.807, 2.05) is 0 Å². The zero-order valence-corrected chi connectivity index (χ0v) is 10.1. The number of nitrogens with two attached hydrogens (primary N) is 1. The summed E-state index contributed by atoms with van der Waals surface area (Å²) in [5.41, 5.74) is 7.44. The van der Waals surface area contributed by atoms with Crippen LogP contribution in [0.4, 0.5) is 17.1 Å². The van der Waals surface area contributed by atoms with E-state index in [2.05, 4.69) is 5.32 Å². The van der Waals surface area contributed by atoms with Crippen LogP contribution in [0.25, 0.3) is 0 Å². The summed E-state index contributed by atoms with van der Waals surface area (Å²) >= 11 is 5.86. The molecular formula is C13H11ClN2O2. The number of nitrogens with one attached hydrogen (secondary N) is 1. The Kier molecular flexibility index (Phi) is 3.39. The molecule has 0 bridgehead atoms. The molecule has 2 aromatic rings. The van der Waals surface area contributed by atoms with E-state index in [4.69, 9.17) is 22.4 Å². The second-order valence-corrected chi connectivity index (χ2v) is 4.18. The molecule has 0 saturated carbocycles. The molecule has 4 nitrogen and oxygen atoms in total. The van der Waals surface area contributed by atoms with Crippen molar-refractivity contribution in [1.29, 1.82) is 0 Å². The summed E-state index contributed by atoms with van der Waals surface area (Å²) in [5, 5.41) is 12.6. The molecule has 18 heavy (non-hydrogen) atoms. The maximum absolute atomic E-state index is 11.1. The lowest BCUT2D eigenvalue weighted by molar-refractivity contribution is 0.0698. The smallest absolute Gasteiger partial charge is 0.337 e. The van der Waals surface area contributed by atoms with Crippen LogP contribution in [0.5, 0.6) is 0 Å². The Morgan fingerprint density at radius 1 is 1.22 bits per heavy atom. The fourth-order valence-electron chi connectivity index (χ4n) is 1.57. The predicted molar refractivity (Wildman–Crippen MR) is 72.5 cm³/mol. The molecule has 0 fully saturated rings. The van der Waals surface area contributed by atoms with Crippen molar-refractivity contribution in [3.63, 3.8) is 0 Å². The van der Waals surface area contributed by atoms with Gasteiger partial charge in [0.1, 0.15) is 0 Å². The van der Waals surface area contributed by atoms with Crippen LogP contribution in [-0.4, -0.2) is 11.1 Å². The van der Waals surface area contributed by atoms with Gasteiger partial charge in [-0.25, -0.2) is 4.79 Å². The highest BCUT2D eigenvalue weighted by molar-refractivity contribution is 6.30. The van der Waals surface area contributed by atoms with E-state index >= 15 is 0 Å². The van der Waals surface area contributed by atoms with E-state index in [-0.39, 0.29) is 5.56 Å². The number of benzene rings is 2. The zero-order chi connectivity index (χ0) is 13.1. The quantitative estimate of drug-likeness (QED) is 0.742. The third-order valence-corrected chi connectivity index (χ3v) is 2.61. The highest BCUT2D eigenvalue weighted by atomic mass is 35.5. The molecule has 0 unspecified atom stereocenters. The van der Waals surface area contributed by atoms with Crippen LogP contribution in [-0.2, 0) is 0 Å². The molecule has 0 aliphatic carbocycles. The number of nitrogen functional groups attached to an aromatic ring is 1. The third-order valence-electron chi connectivity index (χ3n) is 2.38. The minimum Gasteiger partial charge on any atom is -0.478 e. The summed E-state index contributed by atoms with van der Waals surface area (Å²) < 4.78 is 0. The van der Waals surface area contributed by atoms with Gasteiger partial charge in [-0.05, 0) is 36.4 Å². The van der Waals surface area contributed by atoms with Crippen molar-refractivity contribution < 1.29 is 9.90 Å². The Labute approximate surface area is 109 Å². The molecule has 2 aromatic carbocycles. The van der Waals surface area contributed by atoms with Crippen molar-refractivity contribution in [2.24, 2.45) is 0 Å². The van der Waals surface area contributed by atoms with Crippen LogP contribution < -0.4 is 11.1 Å². The van der Waals surface area contributed by atoms with Crippen molar-refractivity contribution in [2.45, 2.75) is 0 Å². The van der Waals surface area contributed by atoms with Crippen molar-refractivity contribution in [3.05, 3.63) is 53.1 Å². The highest BCUT2D eigenvalue weighted by Crippen LogP contribution is 2.25. The molecule has 4 N–H and O–H groups in total. The molecule has 0 aromatic heterocycles. The monoisotopic (exact) mass is 262 g/mol. The average molecular weight is 263 g/mol. The van der Waals surface area contributed by atoms with Gasteiger partial charge in [-0.1, -0.05) is 17.7 Å². The third kappa shape index (κ3) is 2.73. The maximum Gasteiger partial charge on any atom is 0.337 e. The van der Waals surface area contributed by atoms with Gasteiger partial charge in [0.25, 0.3) is 0 Å². The van der Waals surface area contributed by atoms with E-state index in [1.165, 1.54) is 6.07 Å². The van der Waals surface area contributed by atoms with Gasteiger partial charge in [-0.2, -0.15) is 0 Å². The number of rotatable bonds is 3. The Balaban J connectivity index is 2.39. The Morgan fingerprint density at radius 2 is 2.00 bits per heavy atom. The SMILES string of the molecule is Nc1ccc(C(=O)O)c(Nc2cccc(Cl)c2)c1. The lowest BCUT2D eigenvalue weighted by atomic mass is 10.1. The fraction of sp³-hybridized carbons (Fsp3) is 0. The van der Waals surface area contributed by atoms with Gasteiger partial charge in [0.2, 0.25) is 0 Å². The van der Waals surface area contributed by atoms with Crippen molar-refractivity contribution in [2.75, 3.05) is 11.1 Å². The van der Waals surface area contributed by atoms with Gasteiger partial charge in [0, 0.05) is 16.4 Å². The van der Waals surface area contributed by atoms with E-state index in [0.717, 1.165) is 0 Å². The molecule has 0 amide bonds. The van der Waals surface area contributed by atoms with Gasteiger partial charge < -0.3 is 16.2 Å². The van der Waals surface area contributed by atoms with Crippen LogP contribution in [0, 0.1) is 0 Å². The number of carbonyl (C=O) groups is 1. The number of carboxylic acid groups (broad SMARTS) is 1. The minimum atomic E-state index is -1.01. The number of hydrogen-bond acceptors (Lipinski definition) is 3. The zero-order valence-electron chi connectivity index (χ0n) is 9.35. The molecule has 0 saturated heterocycles. The lowest BCUT2D eigenvalue weighted by Gasteiger charge is -2.10. The molecule has 2 rings (SSSR count). The Morgan fingerprint density at radius 3 is 2.67 bits per heavy atom. The number of hydrogen-bond donors (Lipinski definition) is 3. The second-order valence-electron chi connectivity index (χ2n) is 3.75. The summed E-state index contributed by atoms with van der Waals surface area (Å²) in [6.07, 6.45) is 0. The summed E-state index contributed by atoms with van der Waals surface area (Å²) in [7, 11) is 0. The predicted octanol–water partition coefficient (Wildman–Crippen LogP) is 3.36. The van der Waals surface area contributed by atoms with E-state index in [9.17, 15) is 4.79 Å². The molecule has 0 aliphatic rings. The van der Waals surface area contributed by atoms with Gasteiger partial charge in [0.15, 0.2) is 0 Å². The van der Waals surface area contributed by atoms with Crippen LogP contribution >= 0.6 is 11.6 Å². The van der Waals surface area contributed by atoms with E-state index < -0.39 is 5.97 Å². The summed E-state index contributed by atoms with van der Waals surface area (Å²) in [5.74, 6) is -1.01. The molecule has 0 heterocycles. The van der Waals surface area contributed by atoms with Crippen LogP contribution in [0.1, 0.15) is 10.4 Å². The highest BCUT2D eigenvalue weighted by Gasteiger charge is 2.10. The molecule has 92 valence electrons. The summed E-state index contributed by atoms with van der Waals surface area (Å²) in [4.78, 5) is 11.1. The molecule has 0 spiro atoms. The van der Waals surface area contributed by atoms with Crippen LogP contribution in [0.15, 0.2) is 42.5 Å². The minimum absolute atomic E-state index is 0.157. The molecule has 0 radical (unpaired) electrons. The van der Waals surface area contributed by atoms with Crippen LogP contribution in [0.3, 0.4) is 0 Å². The summed E-state index contributed by atoms with van der Waals surface area (Å²) in [6, 6.07) is 11.6.